The van der Waals surface area contributed by atoms with Crippen molar-refractivity contribution in [3.8, 4) is 0 Å². The zero-order valence-corrected chi connectivity index (χ0v) is 13.5. The summed E-state index contributed by atoms with van der Waals surface area (Å²) in [5.41, 5.74) is 4.64. The largest absolute Gasteiger partial charge is 0.384 e. The van der Waals surface area contributed by atoms with Gasteiger partial charge in [-0.3, -0.25) is 23.6 Å². The molecule has 1 unspecified atom stereocenters. The fraction of sp³-hybridized carbons (Fsp3) is 0.667. The van der Waals surface area contributed by atoms with Gasteiger partial charge < -0.3 is 5.73 Å². The molecule has 0 spiro atoms. The lowest BCUT2D eigenvalue weighted by molar-refractivity contribution is 0.0840. The molecule has 1 aromatic heterocycles. The van der Waals surface area contributed by atoms with E-state index in [-0.39, 0.29) is 17.2 Å². The lowest BCUT2D eigenvalue weighted by atomic mass is 10.1. The summed E-state index contributed by atoms with van der Waals surface area (Å²) in [6.07, 6.45) is 4.44. The molecular weight excluding hydrogens is 284 g/mol. The first-order valence-corrected chi connectivity index (χ1v) is 7.70. The van der Waals surface area contributed by atoms with Crippen LogP contribution in [0.15, 0.2) is 9.59 Å². The van der Waals surface area contributed by atoms with Crippen molar-refractivity contribution in [2.45, 2.75) is 38.6 Å². The van der Waals surface area contributed by atoms with Gasteiger partial charge in [-0.15, -0.1) is 0 Å². The van der Waals surface area contributed by atoms with Gasteiger partial charge in [0, 0.05) is 14.1 Å². The smallest absolute Gasteiger partial charge is 0.332 e. The van der Waals surface area contributed by atoms with Gasteiger partial charge in [0.05, 0.1) is 6.04 Å². The second kappa shape index (κ2) is 6.48. The Bertz CT molecular complexity index is 681. The van der Waals surface area contributed by atoms with Gasteiger partial charge in [-0.1, -0.05) is 12.8 Å². The van der Waals surface area contributed by atoms with Crippen molar-refractivity contribution in [3.05, 3.63) is 26.4 Å². The fourth-order valence-corrected chi connectivity index (χ4v) is 2.95. The number of carbonyl (C=O) groups is 1. The molecule has 2 heterocycles. The van der Waals surface area contributed by atoms with Crippen molar-refractivity contribution in [1.82, 2.24) is 14.0 Å². The molecule has 0 aromatic carbocycles. The third-order valence-corrected chi connectivity index (χ3v) is 4.52. The highest BCUT2D eigenvalue weighted by Gasteiger charge is 2.28. The first kappa shape index (κ1) is 16.5. The van der Waals surface area contributed by atoms with E-state index in [0.717, 1.165) is 35.1 Å². The first-order chi connectivity index (χ1) is 10.4. The summed E-state index contributed by atoms with van der Waals surface area (Å²) < 4.78 is 2.07. The Labute approximate surface area is 129 Å². The van der Waals surface area contributed by atoms with Crippen LogP contribution in [-0.4, -0.2) is 38.9 Å². The molecule has 22 heavy (non-hydrogen) atoms. The van der Waals surface area contributed by atoms with Crippen LogP contribution in [0.25, 0.3) is 0 Å². The van der Waals surface area contributed by atoms with E-state index in [1.807, 2.05) is 0 Å². The Balaban J connectivity index is 2.41. The summed E-state index contributed by atoms with van der Waals surface area (Å²) in [6, 6.07) is -0.411. The number of Topliss-reactive ketones (excluding diaryl/α,β-unsaturated/α-hetero) is 1. The molecule has 0 amide bonds. The van der Waals surface area contributed by atoms with E-state index in [4.69, 9.17) is 5.73 Å². The van der Waals surface area contributed by atoms with Gasteiger partial charge in [-0.05, 0) is 32.9 Å². The van der Waals surface area contributed by atoms with Crippen LogP contribution in [0.3, 0.4) is 0 Å². The predicted molar refractivity (Wildman–Crippen MR) is 85.2 cm³/mol. The monoisotopic (exact) mass is 308 g/mol. The maximum Gasteiger partial charge on any atom is 0.332 e. The van der Waals surface area contributed by atoms with Crippen LogP contribution in [0.1, 0.15) is 43.0 Å². The summed E-state index contributed by atoms with van der Waals surface area (Å²) in [6.45, 7) is 3.50. The molecule has 0 radical (unpaired) electrons. The van der Waals surface area contributed by atoms with E-state index >= 15 is 0 Å². The first-order valence-electron chi connectivity index (χ1n) is 7.70. The molecule has 1 atom stereocenters. The van der Waals surface area contributed by atoms with Crippen molar-refractivity contribution >= 4 is 11.6 Å². The maximum atomic E-state index is 12.8. The Morgan fingerprint density at radius 2 is 1.59 bits per heavy atom. The van der Waals surface area contributed by atoms with Crippen molar-refractivity contribution < 1.29 is 4.79 Å². The van der Waals surface area contributed by atoms with Crippen LogP contribution < -0.4 is 17.0 Å². The molecule has 2 N–H and O–H groups in total. The second-order valence-corrected chi connectivity index (χ2v) is 5.96. The highest BCUT2D eigenvalue weighted by molar-refractivity contribution is 6.03. The standard InChI is InChI=1S/C15H24N4O3/c1-10(19-8-6-4-5-7-9-19)12(20)11-13(16)17(2)15(22)18(3)14(11)21/h10H,4-9,16H2,1-3H3. The van der Waals surface area contributed by atoms with E-state index in [0.29, 0.717) is 0 Å². The summed E-state index contributed by atoms with van der Waals surface area (Å²) in [5, 5.41) is 0. The topological polar surface area (TPSA) is 90.3 Å². The van der Waals surface area contributed by atoms with E-state index < -0.39 is 17.3 Å². The van der Waals surface area contributed by atoms with E-state index in [9.17, 15) is 14.4 Å². The van der Waals surface area contributed by atoms with Crippen molar-refractivity contribution in [2.24, 2.45) is 14.1 Å². The Morgan fingerprint density at radius 3 is 2.14 bits per heavy atom. The number of hydrogen-bond donors (Lipinski definition) is 1. The summed E-state index contributed by atoms with van der Waals surface area (Å²) in [4.78, 5) is 39.0. The predicted octanol–water partition coefficient (Wildman–Crippen LogP) is 0.113. The molecule has 122 valence electrons. The van der Waals surface area contributed by atoms with Gasteiger partial charge in [0.1, 0.15) is 11.4 Å². The average molecular weight is 308 g/mol. The van der Waals surface area contributed by atoms with Gasteiger partial charge >= 0.3 is 5.69 Å². The Hall–Kier alpha value is -1.89. The van der Waals surface area contributed by atoms with Crippen LogP contribution in [-0.2, 0) is 14.1 Å². The minimum Gasteiger partial charge on any atom is -0.384 e. The van der Waals surface area contributed by atoms with E-state index in [2.05, 4.69) is 4.90 Å². The van der Waals surface area contributed by atoms with Gasteiger partial charge in [0.15, 0.2) is 5.78 Å². The molecule has 1 aromatic rings. The molecule has 0 bridgehead atoms. The summed E-state index contributed by atoms with van der Waals surface area (Å²) in [7, 11) is 2.82. The number of ketones is 1. The molecule has 0 saturated carbocycles. The maximum absolute atomic E-state index is 12.8. The number of nitrogens with two attached hydrogens (primary N) is 1. The van der Waals surface area contributed by atoms with Gasteiger partial charge in [-0.25, -0.2) is 4.79 Å². The minimum atomic E-state index is -0.618. The second-order valence-electron chi connectivity index (χ2n) is 5.96. The molecule has 1 fully saturated rings. The quantitative estimate of drug-likeness (QED) is 0.801. The highest BCUT2D eigenvalue weighted by atomic mass is 16.2. The number of likely N-dealkylation sites (tertiary alicyclic amines) is 1. The van der Waals surface area contributed by atoms with Crippen molar-refractivity contribution in [3.63, 3.8) is 0 Å². The number of aromatic nitrogens is 2. The van der Waals surface area contributed by atoms with E-state index in [1.54, 1.807) is 6.92 Å². The SMILES string of the molecule is CC(C(=O)c1c(N)n(C)c(=O)n(C)c1=O)N1CCCCCC1. The number of carbonyl (C=O) groups excluding carboxylic acids is 1. The molecule has 1 aliphatic rings. The number of nitrogens with zero attached hydrogens (tertiary/aromatic N) is 3. The third-order valence-electron chi connectivity index (χ3n) is 4.52. The number of anilines is 1. The van der Waals surface area contributed by atoms with Crippen LogP contribution in [0.5, 0.6) is 0 Å². The zero-order chi connectivity index (χ0) is 16.4. The molecule has 0 aliphatic carbocycles. The zero-order valence-electron chi connectivity index (χ0n) is 13.5. The third kappa shape index (κ3) is 2.85. The molecule has 7 nitrogen and oxygen atoms in total. The average Bonchev–Trinajstić information content (AvgIpc) is 2.79. The van der Waals surface area contributed by atoms with Crippen molar-refractivity contribution in [1.29, 1.82) is 0 Å². The molecule has 1 aliphatic heterocycles. The van der Waals surface area contributed by atoms with Gasteiger partial charge in [0.2, 0.25) is 0 Å². The normalized spacial score (nSPS) is 18.0. The van der Waals surface area contributed by atoms with Crippen LogP contribution in [0.2, 0.25) is 0 Å². The summed E-state index contributed by atoms with van der Waals surface area (Å²) >= 11 is 0. The lowest BCUT2D eigenvalue weighted by Gasteiger charge is -2.26. The molecule has 1 saturated heterocycles. The van der Waals surface area contributed by atoms with Crippen molar-refractivity contribution in [2.75, 3.05) is 18.8 Å². The number of rotatable bonds is 3. The van der Waals surface area contributed by atoms with Gasteiger partial charge in [0.25, 0.3) is 5.56 Å². The minimum absolute atomic E-state index is 0.0558. The lowest BCUT2D eigenvalue weighted by Crippen LogP contribution is -2.46. The molecular formula is C15H24N4O3. The highest BCUT2D eigenvalue weighted by Crippen LogP contribution is 2.16. The summed E-state index contributed by atoms with van der Waals surface area (Å²) in [5.74, 6) is -0.365. The Kier molecular flexibility index (Phi) is 4.85. The fourth-order valence-electron chi connectivity index (χ4n) is 2.95. The Morgan fingerprint density at radius 1 is 1.05 bits per heavy atom. The molecule has 2 rings (SSSR count). The number of hydrogen-bond acceptors (Lipinski definition) is 5. The molecule has 7 heteroatoms. The number of nitrogen functional groups attached to an aromatic ring is 1. The van der Waals surface area contributed by atoms with Crippen LogP contribution >= 0.6 is 0 Å². The van der Waals surface area contributed by atoms with E-state index in [1.165, 1.54) is 26.9 Å². The van der Waals surface area contributed by atoms with Crippen LogP contribution in [0.4, 0.5) is 5.82 Å². The van der Waals surface area contributed by atoms with Crippen LogP contribution in [0, 0.1) is 0 Å². The van der Waals surface area contributed by atoms with Gasteiger partial charge in [-0.2, -0.15) is 0 Å².